The van der Waals surface area contributed by atoms with E-state index in [0.29, 0.717) is 5.02 Å². The molecule has 2 nitrogen and oxygen atoms in total. The Bertz CT molecular complexity index is 672. The Morgan fingerprint density at radius 1 is 0.714 bits per heavy atom. The van der Waals surface area contributed by atoms with E-state index in [2.05, 4.69) is 4.98 Å². The number of aliphatic hydroxyl groups is 1. The lowest BCUT2D eigenvalue weighted by molar-refractivity contribution is 0.125. The maximum absolute atomic E-state index is 11.4. The van der Waals surface area contributed by atoms with Crippen LogP contribution in [0.5, 0.6) is 0 Å². The van der Waals surface area contributed by atoms with E-state index in [1.54, 1.807) is 24.5 Å². The van der Waals surface area contributed by atoms with Crippen molar-refractivity contribution in [2.24, 2.45) is 0 Å². The van der Waals surface area contributed by atoms with Crippen LogP contribution in [0.1, 0.15) is 16.7 Å². The summed E-state index contributed by atoms with van der Waals surface area (Å²) >= 11 is 5.96. The highest BCUT2D eigenvalue weighted by Gasteiger charge is 2.33. The summed E-state index contributed by atoms with van der Waals surface area (Å²) in [5.74, 6) is 0. The molecule has 1 unspecified atom stereocenters. The first-order chi connectivity index (χ1) is 10.2. The van der Waals surface area contributed by atoms with E-state index in [9.17, 15) is 5.11 Å². The Morgan fingerprint density at radius 3 is 1.86 bits per heavy atom. The van der Waals surface area contributed by atoms with Crippen LogP contribution in [0.3, 0.4) is 0 Å². The molecule has 1 N–H and O–H groups in total. The minimum atomic E-state index is -1.23. The van der Waals surface area contributed by atoms with Crippen molar-refractivity contribution < 1.29 is 5.11 Å². The summed E-state index contributed by atoms with van der Waals surface area (Å²) in [6.07, 6.45) is 3.36. The van der Waals surface area contributed by atoms with Gasteiger partial charge in [0.1, 0.15) is 5.60 Å². The quantitative estimate of drug-likeness (QED) is 0.792. The monoisotopic (exact) mass is 295 g/mol. The van der Waals surface area contributed by atoms with E-state index in [4.69, 9.17) is 11.6 Å². The molecule has 0 amide bonds. The van der Waals surface area contributed by atoms with Crippen LogP contribution in [0.25, 0.3) is 0 Å². The molecule has 1 atom stereocenters. The van der Waals surface area contributed by atoms with Gasteiger partial charge in [0.25, 0.3) is 0 Å². The maximum atomic E-state index is 11.4. The molecular formula is C18H14ClNO. The largest absolute Gasteiger partial charge is 0.376 e. The van der Waals surface area contributed by atoms with Gasteiger partial charge in [-0.3, -0.25) is 4.98 Å². The number of hydrogen-bond acceptors (Lipinski definition) is 2. The number of halogens is 1. The molecule has 0 saturated carbocycles. The van der Waals surface area contributed by atoms with Crippen LogP contribution >= 0.6 is 11.6 Å². The summed E-state index contributed by atoms with van der Waals surface area (Å²) in [7, 11) is 0. The summed E-state index contributed by atoms with van der Waals surface area (Å²) in [4.78, 5) is 4.03. The first-order valence-electron chi connectivity index (χ1n) is 6.66. The number of pyridine rings is 1. The lowest BCUT2D eigenvalue weighted by Crippen LogP contribution is -2.28. The van der Waals surface area contributed by atoms with Crippen LogP contribution in [0.4, 0.5) is 0 Å². The average molecular weight is 296 g/mol. The van der Waals surface area contributed by atoms with Gasteiger partial charge in [-0.25, -0.2) is 0 Å². The van der Waals surface area contributed by atoms with Gasteiger partial charge in [0, 0.05) is 17.4 Å². The van der Waals surface area contributed by atoms with Crippen molar-refractivity contribution in [3.63, 3.8) is 0 Å². The zero-order valence-electron chi connectivity index (χ0n) is 11.3. The fourth-order valence-electron chi connectivity index (χ4n) is 2.46. The number of nitrogens with zero attached hydrogens (tertiary/aromatic N) is 1. The standard InChI is InChI=1S/C18H14ClNO/c19-17-8-6-15(7-9-17)18(21,14-4-2-1-3-5-14)16-10-12-20-13-11-16/h1-13,21H. The van der Waals surface area contributed by atoms with Crippen LogP contribution in [0.15, 0.2) is 79.1 Å². The smallest absolute Gasteiger partial charge is 0.140 e. The zero-order valence-corrected chi connectivity index (χ0v) is 12.0. The summed E-state index contributed by atoms with van der Waals surface area (Å²) in [6.45, 7) is 0. The van der Waals surface area contributed by atoms with Gasteiger partial charge in [0.15, 0.2) is 0 Å². The molecule has 3 rings (SSSR count). The third kappa shape index (κ3) is 2.56. The van der Waals surface area contributed by atoms with Gasteiger partial charge < -0.3 is 5.11 Å². The number of hydrogen-bond donors (Lipinski definition) is 1. The van der Waals surface area contributed by atoms with Gasteiger partial charge in [0.2, 0.25) is 0 Å². The number of benzene rings is 2. The van der Waals surface area contributed by atoms with Gasteiger partial charge in [-0.15, -0.1) is 0 Å². The molecule has 0 fully saturated rings. The van der Waals surface area contributed by atoms with Crippen LogP contribution in [0, 0.1) is 0 Å². The molecular weight excluding hydrogens is 282 g/mol. The molecule has 0 spiro atoms. The van der Waals surface area contributed by atoms with E-state index < -0.39 is 5.60 Å². The lowest BCUT2D eigenvalue weighted by Gasteiger charge is -2.30. The van der Waals surface area contributed by atoms with E-state index >= 15 is 0 Å². The van der Waals surface area contributed by atoms with E-state index in [0.717, 1.165) is 16.7 Å². The minimum Gasteiger partial charge on any atom is -0.376 e. The topological polar surface area (TPSA) is 33.1 Å². The summed E-state index contributed by atoms with van der Waals surface area (Å²) in [5.41, 5.74) is 1.11. The lowest BCUT2D eigenvalue weighted by atomic mass is 9.81. The molecule has 3 aromatic rings. The van der Waals surface area contributed by atoms with Gasteiger partial charge >= 0.3 is 0 Å². The Hall–Kier alpha value is -2.16. The first kappa shape index (κ1) is 13.8. The van der Waals surface area contributed by atoms with Crippen molar-refractivity contribution in [1.29, 1.82) is 0 Å². The first-order valence-corrected chi connectivity index (χ1v) is 7.03. The maximum Gasteiger partial charge on any atom is 0.140 e. The van der Waals surface area contributed by atoms with E-state index in [-0.39, 0.29) is 0 Å². The molecule has 0 aliphatic rings. The number of aromatic nitrogens is 1. The second-order valence-electron chi connectivity index (χ2n) is 4.82. The van der Waals surface area contributed by atoms with Crippen molar-refractivity contribution in [2.75, 3.05) is 0 Å². The third-order valence-corrected chi connectivity index (χ3v) is 3.80. The SMILES string of the molecule is OC(c1ccccc1)(c1ccncc1)c1ccc(Cl)cc1. The van der Waals surface area contributed by atoms with Crippen molar-refractivity contribution in [1.82, 2.24) is 4.98 Å². The Morgan fingerprint density at radius 2 is 1.24 bits per heavy atom. The normalized spacial score (nSPS) is 13.6. The highest BCUT2D eigenvalue weighted by molar-refractivity contribution is 6.30. The average Bonchev–Trinajstić information content (AvgIpc) is 2.56. The van der Waals surface area contributed by atoms with Crippen molar-refractivity contribution in [3.05, 3.63) is 101 Å². The Balaban J connectivity index is 2.23. The minimum absolute atomic E-state index is 0.642. The molecule has 0 aliphatic heterocycles. The predicted molar refractivity (Wildman–Crippen MR) is 84.2 cm³/mol. The van der Waals surface area contributed by atoms with Crippen molar-refractivity contribution in [3.8, 4) is 0 Å². The molecule has 104 valence electrons. The van der Waals surface area contributed by atoms with Gasteiger partial charge in [-0.1, -0.05) is 54.1 Å². The fourth-order valence-corrected chi connectivity index (χ4v) is 2.59. The van der Waals surface area contributed by atoms with Crippen molar-refractivity contribution >= 4 is 11.6 Å². The molecule has 0 saturated heterocycles. The molecule has 21 heavy (non-hydrogen) atoms. The summed E-state index contributed by atoms with van der Waals surface area (Å²) < 4.78 is 0. The molecule has 2 aromatic carbocycles. The molecule has 1 heterocycles. The highest BCUT2D eigenvalue weighted by atomic mass is 35.5. The van der Waals surface area contributed by atoms with E-state index in [1.807, 2.05) is 54.6 Å². The highest BCUT2D eigenvalue weighted by Crippen LogP contribution is 2.36. The predicted octanol–water partition coefficient (Wildman–Crippen LogP) is 4.02. The van der Waals surface area contributed by atoms with Gasteiger partial charge in [-0.2, -0.15) is 0 Å². The van der Waals surface area contributed by atoms with Crippen LogP contribution in [0.2, 0.25) is 5.02 Å². The Kier molecular flexibility index (Phi) is 3.74. The summed E-state index contributed by atoms with van der Waals surface area (Å²) in [5, 5.41) is 12.1. The second-order valence-corrected chi connectivity index (χ2v) is 5.26. The second kappa shape index (κ2) is 5.68. The zero-order chi connectivity index (χ0) is 14.7. The Labute approximate surface area is 128 Å². The molecule has 0 aliphatic carbocycles. The van der Waals surface area contributed by atoms with Crippen molar-refractivity contribution in [2.45, 2.75) is 5.60 Å². The van der Waals surface area contributed by atoms with E-state index in [1.165, 1.54) is 0 Å². The fraction of sp³-hybridized carbons (Fsp3) is 0.0556. The van der Waals surface area contributed by atoms with Crippen LogP contribution < -0.4 is 0 Å². The van der Waals surface area contributed by atoms with Crippen LogP contribution in [-0.4, -0.2) is 10.1 Å². The molecule has 1 aromatic heterocycles. The summed E-state index contributed by atoms with van der Waals surface area (Å²) in [6, 6.07) is 20.5. The molecule has 0 radical (unpaired) electrons. The molecule has 3 heteroatoms. The van der Waals surface area contributed by atoms with Gasteiger partial charge in [-0.05, 0) is 41.0 Å². The van der Waals surface area contributed by atoms with Crippen LogP contribution in [-0.2, 0) is 5.60 Å². The molecule has 0 bridgehead atoms. The number of rotatable bonds is 3. The third-order valence-electron chi connectivity index (χ3n) is 3.55. The van der Waals surface area contributed by atoms with Gasteiger partial charge in [0.05, 0.1) is 0 Å².